The average molecular weight is 715 g/mol. The van der Waals surface area contributed by atoms with Crippen molar-refractivity contribution in [2.24, 2.45) is 0 Å². The SMILES string of the molecule is c1ccc(-c2cc(-c3ccc(-n4c5cc(-c6ccc7c(c6)c6ccccc6n7-c6ccccc6)ccc5c5ncccc54)cc3)cc(-c3ccccc3)n2)cc1. The zero-order valence-corrected chi connectivity index (χ0v) is 30.4. The van der Waals surface area contributed by atoms with E-state index in [4.69, 9.17) is 9.97 Å². The maximum Gasteiger partial charge on any atom is 0.0963 e. The molecule has 0 bridgehead atoms. The van der Waals surface area contributed by atoms with Gasteiger partial charge in [-0.1, -0.05) is 121 Å². The van der Waals surface area contributed by atoms with E-state index in [0.29, 0.717) is 0 Å². The van der Waals surface area contributed by atoms with Crippen LogP contribution in [0.15, 0.2) is 206 Å². The van der Waals surface area contributed by atoms with Crippen LogP contribution in [0.2, 0.25) is 0 Å². The van der Waals surface area contributed by atoms with E-state index in [1.807, 2.05) is 24.4 Å². The first-order chi connectivity index (χ1) is 27.8. The molecule has 0 spiro atoms. The van der Waals surface area contributed by atoms with E-state index in [0.717, 1.165) is 72.5 Å². The molecule has 0 aliphatic carbocycles. The highest BCUT2D eigenvalue weighted by molar-refractivity contribution is 6.11. The Labute approximate surface area is 324 Å². The summed E-state index contributed by atoms with van der Waals surface area (Å²) in [4.78, 5) is 9.97. The summed E-state index contributed by atoms with van der Waals surface area (Å²) in [5, 5.41) is 3.61. The molecule has 0 atom stereocenters. The van der Waals surface area contributed by atoms with E-state index < -0.39 is 0 Å². The minimum atomic E-state index is 0.954. The molecule has 0 saturated heterocycles. The average Bonchev–Trinajstić information content (AvgIpc) is 3.79. The molecular weight excluding hydrogens is 681 g/mol. The lowest BCUT2D eigenvalue weighted by molar-refractivity contribution is 1.18. The van der Waals surface area contributed by atoms with Gasteiger partial charge in [-0.2, -0.15) is 0 Å². The first-order valence-corrected chi connectivity index (χ1v) is 19.0. The Kier molecular flexibility index (Phi) is 7.46. The standard InChI is InChI=1S/C52H34N4/c1-4-13-36(14-5-1)46-32-40(33-47(54-46)37-15-6-2-7-16-37)35-22-26-42(27-23-35)56-50-21-12-30-53-52(50)44-28-24-39(34-51(44)56)38-25-29-49-45(31-38)43-19-10-11-20-48(43)55(49)41-17-8-3-9-18-41/h1-34H. The van der Waals surface area contributed by atoms with Gasteiger partial charge in [0.25, 0.3) is 0 Å². The van der Waals surface area contributed by atoms with Crippen molar-refractivity contribution in [1.82, 2.24) is 19.1 Å². The Bertz CT molecular complexity index is 3160. The molecule has 0 saturated carbocycles. The molecule has 262 valence electrons. The number of hydrogen-bond acceptors (Lipinski definition) is 2. The van der Waals surface area contributed by atoms with Crippen LogP contribution in [0.3, 0.4) is 0 Å². The number of nitrogens with zero attached hydrogens (tertiary/aromatic N) is 4. The van der Waals surface area contributed by atoms with Gasteiger partial charge in [-0.25, -0.2) is 4.98 Å². The van der Waals surface area contributed by atoms with Gasteiger partial charge in [-0.3, -0.25) is 4.98 Å². The highest BCUT2D eigenvalue weighted by Gasteiger charge is 2.17. The number of benzene rings is 7. The van der Waals surface area contributed by atoms with Crippen LogP contribution in [0.25, 0.3) is 99.9 Å². The molecule has 0 aliphatic rings. The lowest BCUT2D eigenvalue weighted by Crippen LogP contribution is -1.95. The summed E-state index contributed by atoms with van der Waals surface area (Å²) >= 11 is 0. The minimum Gasteiger partial charge on any atom is -0.309 e. The monoisotopic (exact) mass is 714 g/mol. The fraction of sp³-hybridized carbons (Fsp3) is 0. The van der Waals surface area contributed by atoms with Crippen molar-refractivity contribution < 1.29 is 0 Å². The van der Waals surface area contributed by atoms with Crippen molar-refractivity contribution in [3.05, 3.63) is 206 Å². The minimum absolute atomic E-state index is 0.954. The second kappa shape index (κ2) is 13.1. The van der Waals surface area contributed by atoms with E-state index in [2.05, 4.69) is 191 Å². The normalized spacial score (nSPS) is 11.6. The third kappa shape index (κ3) is 5.31. The van der Waals surface area contributed by atoms with Gasteiger partial charge in [0, 0.05) is 44.9 Å². The Balaban J connectivity index is 1.03. The van der Waals surface area contributed by atoms with Crippen LogP contribution in [0, 0.1) is 0 Å². The second-order valence-electron chi connectivity index (χ2n) is 14.3. The van der Waals surface area contributed by atoms with Gasteiger partial charge < -0.3 is 9.13 Å². The second-order valence-corrected chi connectivity index (χ2v) is 14.3. The summed E-state index contributed by atoms with van der Waals surface area (Å²) in [6.45, 7) is 0. The van der Waals surface area contributed by atoms with E-state index >= 15 is 0 Å². The number of pyridine rings is 2. The predicted octanol–water partition coefficient (Wildman–Crippen LogP) is 13.3. The third-order valence-electron chi connectivity index (χ3n) is 11.0. The van der Waals surface area contributed by atoms with E-state index in [9.17, 15) is 0 Å². The molecule has 56 heavy (non-hydrogen) atoms. The van der Waals surface area contributed by atoms with Crippen molar-refractivity contribution in [2.75, 3.05) is 0 Å². The fourth-order valence-electron chi connectivity index (χ4n) is 8.31. The predicted molar refractivity (Wildman–Crippen MR) is 232 cm³/mol. The van der Waals surface area contributed by atoms with Crippen LogP contribution in [-0.2, 0) is 0 Å². The number of para-hydroxylation sites is 2. The van der Waals surface area contributed by atoms with Gasteiger partial charge in [0.15, 0.2) is 0 Å². The van der Waals surface area contributed by atoms with Crippen molar-refractivity contribution in [1.29, 1.82) is 0 Å². The summed E-state index contributed by atoms with van der Waals surface area (Å²) in [7, 11) is 0. The van der Waals surface area contributed by atoms with Crippen molar-refractivity contribution in [3.63, 3.8) is 0 Å². The van der Waals surface area contributed by atoms with Gasteiger partial charge in [-0.05, 0) is 101 Å². The molecule has 4 aromatic heterocycles. The van der Waals surface area contributed by atoms with Crippen LogP contribution >= 0.6 is 0 Å². The largest absolute Gasteiger partial charge is 0.309 e. The zero-order valence-electron chi connectivity index (χ0n) is 30.4. The lowest BCUT2D eigenvalue weighted by atomic mass is 9.99. The van der Waals surface area contributed by atoms with E-state index in [-0.39, 0.29) is 0 Å². The summed E-state index contributed by atoms with van der Waals surface area (Å²) in [6.07, 6.45) is 1.89. The molecule has 7 aromatic carbocycles. The Hall–Kier alpha value is -7.56. The Morgan fingerprint density at radius 2 is 0.857 bits per heavy atom. The maximum atomic E-state index is 5.09. The van der Waals surface area contributed by atoms with Gasteiger partial charge in [-0.15, -0.1) is 0 Å². The maximum absolute atomic E-state index is 5.09. The topological polar surface area (TPSA) is 35.6 Å². The molecule has 0 aliphatic heterocycles. The zero-order chi connectivity index (χ0) is 37.0. The molecular formula is C52H34N4. The van der Waals surface area contributed by atoms with Gasteiger partial charge in [0.2, 0.25) is 0 Å². The summed E-state index contributed by atoms with van der Waals surface area (Å²) < 4.78 is 4.71. The molecule has 0 radical (unpaired) electrons. The molecule has 4 heterocycles. The third-order valence-corrected chi connectivity index (χ3v) is 11.0. The molecule has 0 unspecified atom stereocenters. The Morgan fingerprint density at radius 3 is 1.59 bits per heavy atom. The van der Waals surface area contributed by atoms with Gasteiger partial charge >= 0.3 is 0 Å². The van der Waals surface area contributed by atoms with E-state index in [1.54, 1.807) is 0 Å². The quantitative estimate of drug-likeness (QED) is 0.172. The van der Waals surface area contributed by atoms with Crippen LogP contribution in [-0.4, -0.2) is 19.1 Å². The van der Waals surface area contributed by atoms with Crippen molar-refractivity contribution in [3.8, 4) is 56.1 Å². The molecule has 4 heteroatoms. The van der Waals surface area contributed by atoms with Crippen molar-refractivity contribution in [2.45, 2.75) is 0 Å². The molecule has 0 fully saturated rings. The summed E-state index contributed by atoms with van der Waals surface area (Å²) in [5.74, 6) is 0. The lowest BCUT2D eigenvalue weighted by Gasteiger charge is -2.12. The van der Waals surface area contributed by atoms with Crippen LogP contribution in [0.4, 0.5) is 0 Å². The molecule has 0 amide bonds. The Morgan fingerprint density at radius 1 is 0.304 bits per heavy atom. The number of hydrogen-bond donors (Lipinski definition) is 0. The summed E-state index contributed by atoms with van der Waals surface area (Å²) in [6, 6.07) is 71.3. The highest BCUT2D eigenvalue weighted by atomic mass is 15.0. The van der Waals surface area contributed by atoms with Crippen molar-refractivity contribution >= 4 is 43.7 Å². The fourth-order valence-corrected chi connectivity index (χ4v) is 8.31. The molecule has 0 N–H and O–H groups in total. The van der Waals surface area contributed by atoms with Gasteiger partial charge in [0.05, 0.1) is 39.0 Å². The molecule has 11 rings (SSSR count). The number of aromatic nitrogens is 4. The smallest absolute Gasteiger partial charge is 0.0963 e. The molecule has 11 aromatic rings. The number of rotatable bonds is 6. The van der Waals surface area contributed by atoms with Crippen LogP contribution in [0.5, 0.6) is 0 Å². The number of fused-ring (bicyclic) bond motifs is 6. The molecule has 4 nitrogen and oxygen atoms in total. The first-order valence-electron chi connectivity index (χ1n) is 19.0. The summed E-state index contributed by atoms with van der Waals surface area (Å²) in [5.41, 5.74) is 16.5. The first kappa shape index (κ1) is 31.9. The van der Waals surface area contributed by atoms with Crippen LogP contribution in [0.1, 0.15) is 0 Å². The highest BCUT2D eigenvalue weighted by Crippen LogP contribution is 2.38. The van der Waals surface area contributed by atoms with E-state index in [1.165, 1.54) is 27.4 Å². The van der Waals surface area contributed by atoms with Crippen LogP contribution < -0.4 is 0 Å². The van der Waals surface area contributed by atoms with Gasteiger partial charge in [0.1, 0.15) is 0 Å².